The van der Waals surface area contributed by atoms with Crippen molar-refractivity contribution in [3.8, 4) is 0 Å². The van der Waals surface area contributed by atoms with Gasteiger partial charge in [0.05, 0.1) is 0 Å². The second kappa shape index (κ2) is 3.77. The van der Waals surface area contributed by atoms with E-state index < -0.39 is 15.4 Å². The molecular formula is C8H9BrO3S. The third-order valence-corrected chi connectivity index (χ3v) is 3.48. The largest absolute Gasteiger partial charge is 0.285 e. The molecule has 0 heterocycles. The van der Waals surface area contributed by atoms with E-state index in [1.165, 1.54) is 6.92 Å². The highest BCUT2D eigenvalue weighted by molar-refractivity contribution is 9.10. The average Bonchev–Trinajstić information content (AvgIpc) is 2.03. The molecule has 0 fully saturated rings. The molecule has 0 aromatic heterocycles. The molecule has 5 heteroatoms. The van der Waals surface area contributed by atoms with Gasteiger partial charge in [0.25, 0.3) is 10.1 Å². The van der Waals surface area contributed by atoms with Crippen LogP contribution >= 0.6 is 15.9 Å². The molecule has 0 amide bonds. The van der Waals surface area contributed by atoms with Crippen LogP contribution in [0.5, 0.6) is 0 Å². The van der Waals surface area contributed by atoms with Crippen molar-refractivity contribution in [2.45, 2.75) is 12.2 Å². The Morgan fingerprint density at radius 3 is 2.15 bits per heavy atom. The van der Waals surface area contributed by atoms with Crippen molar-refractivity contribution < 1.29 is 13.0 Å². The maximum absolute atomic E-state index is 10.8. The van der Waals surface area contributed by atoms with Gasteiger partial charge in [0.2, 0.25) is 0 Å². The van der Waals surface area contributed by atoms with Crippen LogP contribution in [0.2, 0.25) is 0 Å². The van der Waals surface area contributed by atoms with Gasteiger partial charge in [-0.1, -0.05) is 28.1 Å². The van der Waals surface area contributed by atoms with E-state index in [-0.39, 0.29) is 0 Å². The van der Waals surface area contributed by atoms with E-state index in [4.69, 9.17) is 4.55 Å². The third kappa shape index (κ3) is 2.79. The predicted octanol–water partition coefficient (Wildman–Crippen LogP) is 2.40. The van der Waals surface area contributed by atoms with Gasteiger partial charge in [-0.05, 0) is 24.6 Å². The van der Waals surface area contributed by atoms with Crippen molar-refractivity contribution in [3.05, 3.63) is 34.3 Å². The highest BCUT2D eigenvalue weighted by Crippen LogP contribution is 2.22. The van der Waals surface area contributed by atoms with E-state index in [0.29, 0.717) is 5.56 Å². The molecule has 0 bridgehead atoms. The lowest BCUT2D eigenvalue weighted by Crippen LogP contribution is -2.07. The topological polar surface area (TPSA) is 54.4 Å². The highest BCUT2D eigenvalue weighted by atomic mass is 79.9. The van der Waals surface area contributed by atoms with E-state index in [1.807, 2.05) is 0 Å². The second-order valence-corrected chi connectivity index (χ2v) is 5.36. The molecule has 0 aliphatic carbocycles. The summed E-state index contributed by atoms with van der Waals surface area (Å²) in [5, 5.41) is -0.874. The van der Waals surface area contributed by atoms with Gasteiger partial charge in [0.1, 0.15) is 5.25 Å². The van der Waals surface area contributed by atoms with Gasteiger partial charge in [-0.2, -0.15) is 8.42 Å². The SMILES string of the molecule is CC(c1ccc(Br)cc1)S(=O)(=O)O. The van der Waals surface area contributed by atoms with Crippen LogP contribution in [0.15, 0.2) is 28.7 Å². The summed E-state index contributed by atoms with van der Waals surface area (Å²) in [4.78, 5) is 0. The number of benzene rings is 1. The Kier molecular flexibility index (Phi) is 3.10. The highest BCUT2D eigenvalue weighted by Gasteiger charge is 2.18. The molecule has 3 nitrogen and oxygen atoms in total. The van der Waals surface area contributed by atoms with Crippen LogP contribution in [0.1, 0.15) is 17.7 Å². The van der Waals surface area contributed by atoms with Gasteiger partial charge in [-0.3, -0.25) is 4.55 Å². The Bertz CT molecular complexity index is 382. The zero-order chi connectivity index (χ0) is 10.1. The molecule has 0 radical (unpaired) electrons. The molecule has 72 valence electrons. The number of hydrogen-bond donors (Lipinski definition) is 1. The quantitative estimate of drug-likeness (QED) is 0.835. The average molecular weight is 265 g/mol. The van der Waals surface area contributed by atoms with Crippen molar-refractivity contribution in [2.75, 3.05) is 0 Å². The first kappa shape index (κ1) is 10.7. The number of rotatable bonds is 2. The summed E-state index contributed by atoms with van der Waals surface area (Å²) in [6.07, 6.45) is 0. The summed E-state index contributed by atoms with van der Waals surface area (Å²) in [6.45, 7) is 1.44. The maximum atomic E-state index is 10.8. The lowest BCUT2D eigenvalue weighted by molar-refractivity contribution is 0.472. The first-order chi connectivity index (χ1) is 5.91. The summed E-state index contributed by atoms with van der Waals surface area (Å²) in [7, 11) is -3.98. The molecule has 1 aromatic carbocycles. The minimum Gasteiger partial charge on any atom is -0.285 e. The number of halogens is 1. The van der Waals surface area contributed by atoms with Crippen LogP contribution in [0.25, 0.3) is 0 Å². The fourth-order valence-electron chi connectivity index (χ4n) is 0.906. The zero-order valence-electron chi connectivity index (χ0n) is 6.94. The van der Waals surface area contributed by atoms with Crippen molar-refractivity contribution >= 4 is 26.0 Å². The fourth-order valence-corrected chi connectivity index (χ4v) is 1.67. The van der Waals surface area contributed by atoms with Gasteiger partial charge in [-0.15, -0.1) is 0 Å². The predicted molar refractivity (Wildman–Crippen MR) is 54.1 cm³/mol. The van der Waals surface area contributed by atoms with Crippen molar-refractivity contribution in [2.24, 2.45) is 0 Å². The fraction of sp³-hybridized carbons (Fsp3) is 0.250. The molecular weight excluding hydrogens is 256 g/mol. The first-order valence-electron chi connectivity index (χ1n) is 3.63. The van der Waals surface area contributed by atoms with E-state index in [0.717, 1.165) is 4.47 Å². The van der Waals surface area contributed by atoms with E-state index >= 15 is 0 Å². The summed E-state index contributed by atoms with van der Waals surface area (Å²) in [5.74, 6) is 0. The minimum absolute atomic E-state index is 0.575. The first-order valence-corrected chi connectivity index (χ1v) is 5.92. The Hall–Kier alpha value is -0.390. The van der Waals surface area contributed by atoms with Crippen molar-refractivity contribution in [1.29, 1.82) is 0 Å². The molecule has 0 spiro atoms. The van der Waals surface area contributed by atoms with Crippen LogP contribution in [0.3, 0.4) is 0 Å². The van der Waals surface area contributed by atoms with Crippen LogP contribution < -0.4 is 0 Å². The lowest BCUT2D eigenvalue weighted by atomic mass is 10.2. The Morgan fingerprint density at radius 1 is 1.31 bits per heavy atom. The van der Waals surface area contributed by atoms with Gasteiger partial charge >= 0.3 is 0 Å². The standard InChI is InChI=1S/C8H9BrO3S/c1-6(13(10,11)12)7-2-4-8(9)5-3-7/h2-6H,1H3,(H,10,11,12). The third-order valence-electron chi connectivity index (χ3n) is 1.79. The molecule has 1 atom stereocenters. The smallest absolute Gasteiger partial charge is 0.271 e. The Labute approximate surface area is 85.7 Å². The van der Waals surface area contributed by atoms with Crippen LogP contribution in [-0.4, -0.2) is 13.0 Å². The van der Waals surface area contributed by atoms with E-state index in [2.05, 4.69) is 15.9 Å². The van der Waals surface area contributed by atoms with Crippen LogP contribution in [-0.2, 0) is 10.1 Å². The van der Waals surface area contributed by atoms with Gasteiger partial charge in [-0.25, -0.2) is 0 Å². The molecule has 0 aliphatic rings. The summed E-state index contributed by atoms with van der Waals surface area (Å²) >= 11 is 3.23. The van der Waals surface area contributed by atoms with E-state index in [9.17, 15) is 8.42 Å². The van der Waals surface area contributed by atoms with Crippen molar-refractivity contribution in [1.82, 2.24) is 0 Å². The van der Waals surface area contributed by atoms with E-state index in [1.54, 1.807) is 24.3 Å². The molecule has 0 saturated carbocycles. The Morgan fingerprint density at radius 2 is 1.77 bits per heavy atom. The Balaban J connectivity index is 3.04. The molecule has 13 heavy (non-hydrogen) atoms. The summed E-state index contributed by atoms with van der Waals surface area (Å²) < 4.78 is 31.2. The zero-order valence-corrected chi connectivity index (χ0v) is 9.34. The van der Waals surface area contributed by atoms with Crippen LogP contribution in [0, 0.1) is 0 Å². The maximum Gasteiger partial charge on any atom is 0.271 e. The summed E-state index contributed by atoms with van der Waals surface area (Å²) in [5.41, 5.74) is 0.575. The number of hydrogen-bond acceptors (Lipinski definition) is 2. The molecule has 1 N–H and O–H groups in total. The molecule has 1 rings (SSSR count). The lowest BCUT2D eigenvalue weighted by Gasteiger charge is -2.07. The van der Waals surface area contributed by atoms with Gasteiger partial charge in [0, 0.05) is 4.47 Å². The van der Waals surface area contributed by atoms with Crippen LogP contribution in [0.4, 0.5) is 0 Å². The second-order valence-electron chi connectivity index (χ2n) is 2.71. The monoisotopic (exact) mass is 264 g/mol. The minimum atomic E-state index is -3.98. The van der Waals surface area contributed by atoms with Crippen molar-refractivity contribution in [3.63, 3.8) is 0 Å². The summed E-state index contributed by atoms with van der Waals surface area (Å²) in [6, 6.07) is 6.78. The van der Waals surface area contributed by atoms with Gasteiger partial charge in [0.15, 0.2) is 0 Å². The normalized spacial score (nSPS) is 14.1. The molecule has 1 aromatic rings. The molecule has 1 unspecified atom stereocenters. The molecule has 0 saturated heterocycles. The molecule has 0 aliphatic heterocycles. The van der Waals surface area contributed by atoms with Gasteiger partial charge < -0.3 is 0 Å².